The van der Waals surface area contributed by atoms with Gasteiger partial charge in [0.05, 0.1) is 10.2 Å². The van der Waals surface area contributed by atoms with Gasteiger partial charge < -0.3 is 0 Å². The Labute approximate surface area is 159 Å². The average Bonchev–Trinajstić information content (AvgIpc) is 3.08. The highest BCUT2D eigenvalue weighted by atomic mass is 32.1. The maximum Gasteiger partial charge on any atom is 0.258 e. The Bertz CT molecular complexity index is 1120. The van der Waals surface area contributed by atoms with Crippen molar-refractivity contribution in [2.45, 2.75) is 0 Å². The Morgan fingerprint density at radius 3 is 2.41 bits per heavy atom. The number of hydrogen-bond acceptors (Lipinski definition) is 3. The topological polar surface area (TPSA) is 42.0 Å². The zero-order valence-corrected chi connectivity index (χ0v) is 15.0. The van der Waals surface area contributed by atoms with Crippen molar-refractivity contribution in [3.63, 3.8) is 0 Å². The van der Waals surface area contributed by atoms with Crippen LogP contribution in [0, 0.1) is 5.82 Å². The summed E-state index contributed by atoms with van der Waals surface area (Å²) in [5.74, 6) is -0.581. The lowest BCUT2D eigenvalue weighted by molar-refractivity contribution is -0.111. The highest BCUT2D eigenvalue weighted by Gasteiger charge is 2.15. The lowest BCUT2D eigenvalue weighted by atomic mass is 10.0. The maximum absolute atomic E-state index is 13.4. The van der Waals surface area contributed by atoms with Crippen molar-refractivity contribution in [3.8, 4) is 0 Å². The van der Waals surface area contributed by atoms with E-state index in [0.717, 1.165) is 11.1 Å². The van der Waals surface area contributed by atoms with Gasteiger partial charge in [-0.3, -0.25) is 10.1 Å². The van der Waals surface area contributed by atoms with Crippen LogP contribution in [0.5, 0.6) is 0 Å². The molecule has 0 aliphatic heterocycles. The second-order valence-electron chi connectivity index (χ2n) is 5.92. The van der Waals surface area contributed by atoms with Gasteiger partial charge in [-0.25, -0.2) is 9.37 Å². The molecule has 5 heteroatoms. The Hall–Kier alpha value is -3.31. The van der Waals surface area contributed by atoms with E-state index in [2.05, 4.69) is 10.3 Å². The molecule has 132 valence electrons. The van der Waals surface area contributed by atoms with Crippen molar-refractivity contribution >= 4 is 44.2 Å². The lowest BCUT2D eigenvalue weighted by Gasteiger charge is -2.08. The molecule has 0 saturated heterocycles. The monoisotopic (exact) mass is 374 g/mol. The van der Waals surface area contributed by atoms with Crippen molar-refractivity contribution in [1.29, 1.82) is 0 Å². The van der Waals surface area contributed by atoms with E-state index >= 15 is 0 Å². The summed E-state index contributed by atoms with van der Waals surface area (Å²) in [6.07, 6.45) is 1.84. The van der Waals surface area contributed by atoms with Gasteiger partial charge in [-0.2, -0.15) is 0 Å². The Morgan fingerprint density at radius 1 is 0.963 bits per heavy atom. The third-order valence-corrected chi connectivity index (χ3v) is 4.94. The fourth-order valence-electron chi connectivity index (χ4n) is 2.73. The molecule has 0 aliphatic rings. The summed E-state index contributed by atoms with van der Waals surface area (Å²) in [6, 6.07) is 23.5. The third-order valence-electron chi connectivity index (χ3n) is 4.01. The van der Waals surface area contributed by atoms with E-state index in [4.69, 9.17) is 0 Å². The molecule has 0 spiro atoms. The molecule has 1 aromatic heterocycles. The second-order valence-corrected chi connectivity index (χ2v) is 6.95. The third kappa shape index (κ3) is 3.93. The molecule has 0 saturated carbocycles. The summed E-state index contributed by atoms with van der Waals surface area (Å²) in [5, 5.41) is 3.29. The number of carbonyl (C=O) groups is 1. The van der Waals surface area contributed by atoms with Crippen molar-refractivity contribution in [2.24, 2.45) is 0 Å². The van der Waals surface area contributed by atoms with Gasteiger partial charge in [0.25, 0.3) is 5.91 Å². The van der Waals surface area contributed by atoms with Crippen LogP contribution in [0.25, 0.3) is 21.9 Å². The van der Waals surface area contributed by atoms with Gasteiger partial charge in [0.1, 0.15) is 5.82 Å². The fourth-order valence-corrected chi connectivity index (χ4v) is 3.62. The molecule has 3 aromatic carbocycles. The summed E-state index contributed by atoms with van der Waals surface area (Å²) in [4.78, 5) is 17.3. The number of rotatable bonds is 4. The summed E-state index contributed by atoms with van der Waals surface area (Å²) in [5.41, 5.74) is 2.93. The molecule has 27 heavy (non-hydrogen) atoms. The molecule has 4 rings (SSSR count). The van der Waals surface area contributed by atoms with Gasteiger partial charge in [0.2, 0.25) is 0 Å². The average molecular weight is 374 g/mol. The molecule has 0 atom stereocenters. The van der Waals surface area contributed by atoms with Crippen LogP contribution >= 0.6 is 11.3 Å². The predicted molar refractivity (Wildman–Crippen MR) is 109 cm³/mol. The molecule has 4 aromatic rings. The molecular weight excluding hydrogens is 359 g/mol. The van der Waals surface area contributed by atoms with Gasteiger partial charge in [-0.05, 0) is 35.4 Å². The van der Waals surface area contributed by atoms with Crippen molar-refractivity contribution in [1.82, 2.24) is 4.98 Å². The van der Waals surface area contributed by atoms with Gasteiger partial charge in [0, 0.05) is 5.57 Å². The van der Waals surface area contributed by atoms with E-state index < -0.39 is 0 Å². The molecule has 0 bridgehead atoms. The smallest absolute Gasteiger partial charge is 0.258 e. The Kier molecular flexibility index (Phi) is 4.77. The number of aromatic nitrogens is 1. The van der Waals surface area contributed by atoms with Crippen LogP contribution in [0.4, 0.5) is 9.52 Å². The van der Waals surface area contributed by atoms with Crippen LogP contribution in [0.2, 0.25) is 0 Å². The van der Waals surface area contributed by atoms with Gasteiger partial charge in [0.15, 0.2) is 5.13 Å². The van der Waals surface area contributed by atoms with Crippen molar-refractivity contribution in [2.75, 3.05) is 5.32 Å². The molecule has 0 unspecified atom stereocenters. The van der Waals surface area contributed by atoms with Crippen LogP contribution in [0.15, 0.2) is 78.9 Å². The minimum Gasteiger partial charge on any atom is -0.298 e. The van der Waals surface area contributed by atoms with Crippen LogP contribution < -0.4 is 5.32 Å². The first kappa shape index (κ1) is 17.1. The van der Waals surface area contributed by atoms with E-state index in [0.29, 0.717) is 20.9 Å². The molecule has 0 fully saturated rings. The number of hydrogen-bond donors (Lipinski definition) is 1. The summed E-state index contributed by atoms with van der Waals surface area (Å²) < 4.78 is 14.1. The number of amides is 1. The fraction of sp³-hybridized carbons (Fsp3) is 0. The highest BCUT2D eigenvalue weighted by molar-refractivity contribution is 7.22. The molecule has 1 heterocycles. The van der Waals surface area contributed by atoms with Gasteiger partial charge >= 0.3 is 0 Å². The van der Waals surface area contributed by atoms with E-state index in [1.165, 1.54) is 23.5 Å². The minimum atomic E-state index is -0.321. The van der Waals surface area contributed by atoms with Crippen molar-refractivity contribution < 1.29 is 9.18 Å². The first-order chi connectivity index (χ1) is 13.2. The number of fused-ring (bicyclic) bond motifs is 1. The van der Waals surface area contributed by atoms with Crippen LogP contribution in [0.1, 0.15) is 11.1 Å². The molecule has 1 amide bonds. The normalized spacial score (nSPS) is 11.5. The SMILES string of the molecule is O=C(Nc1nc2ccc(F)cc2s1)/C(=C\c1ccccc1)c1ccccc1. The molecule has 1 N–H and O–H groups in total. The minimum absolute atomic E-state index is 0.260. The molecule has 0 radical (unpaired) electrons. The van der Waals surface area contributed by atoms with Gasteiger partial charge in [-0.1, -0.05) is 72.0 Å². The Morgan fingerprint density at radius 2 is 1.67 bits per heavy atom. The zero-order chi connectivity index (χ0) is 18.6. The molecular formula is C22H15FN2OS. The number of anilines is 1. The number of benzene rings is 3. The van der Waals surface area contributed by atoms with E-state index in [1.807, 2.05) is 66.7 Å². The first-order valence-electron chi connectivity index (χ1n) is 8.39. The van der Waals surface area contributed by atoms with Gasteiger partial charge in [-0.15, -0.1) is 0 Å². The highest BCUT2D eigenvalue weighted by Crippen LogP contribution is 2.28. The first-order valence-corrected chi connectivity index (χ1v) is 9.20. The zero-order valence-electron chi connectivity index (χ0n) is 14.2. The largest absolute Gasteiger partial charge is 0.298 e. The molecule has 0 aliphatic carbocycles. The predicted octanol–water partition coefficient (Wildman–Crippen LogP) is 5.61. The number of nitrogens with one attached hydrogen (secondary N) is 1. The summed E-state index contributed by atoms with van der Waals surface area (Å²) >= 11 is 1.25. The lowest BCUT2D eigenvalue weighted by Crippen LogP contribution is -2.13. The van der Waals surface area contributed by atoms with Crippen LogP contribution in [0.3, 0.4) is 0 Å². The quantitative estimate of drug-likeness (QED) is 0.372. The number of carbonyl (C=O) groups excluding carboxylic acids is 1. The molecule has 3 nitrogen and oxygen atoms in total. The van der Waals surface area contributed by atoms with E-state index in [1.54, 1.807) is 6.07 Å². The summed E-state index contributed by atoms with van der Waals surface area (Å²) in [7, 11) is 0. The standard InChI is InChI=1S/C22H15FN2OS/c23-17-11-12-19-20(14-17)27-22(24-19)25-21(26)18(16-9-5-2-6-10-16)13-15-7-3-1-4-8-15/h1-14H,(H,24,25,26)/b18-13-. The van der Waals surface area contributed by atoms with Crippen molar-refractivity contribution in [3.05, 3.63) is 95.8 Å². The van der Waals surface area contributed by atoms with Crippen LogP contribution in [-0.4, -0.2) is 10.9 Å². The van der Waals surface area contributed by atoms with E-state index in [-0.39, 0.29) is 11.7 Å². The second kappa shape index (κ2) is 7.51. The number of halogens is 1. The summed E-state index contributed by atoms with van der Waals surface area (Å²) in [6.45, 7) is 0. The van der Waals surface area contributed by atoms with E-state index in [9.17, 15) is 9.18 Å². The number of thiazole rings is 1. The Balaban J connectivity index is 1.68. The van der Waals surface area contributed by atoms with Crippen LogP contribution in [-0.2, 0) is 4.79 Å². The maximum atomic E-state index is 13.4. The number of nitrogens with zero attached hydrogens (tertiary/aromatic N) is 1.